The maximum Gasteiger partial charge on any atom is 0.182 e. The summed E-state index contributed by atoms with van der Waals surface area (Å²) < 4.78 is 0. The van der Waals surface area contributed by atoms with Crippen molar-refractivity contribution >= 4 is 29.7 Å². The molecular formula is C20H20N2OS2. The number of pyridine rings is 1. The van der Waals surface area contributed by atoms with Gasteiger partial charge in [0.15, 0.2) is 5.78 Å². The molecule has 128 valence electrons. The minimum absolute atomic E-state index is 0.0544. The number of rotatable bonds is 7. The molecule has 0 aliphatic rings. The third-order valence-corrected chi connectivity index (χ3v) is 5.29. The molecule has 0 amide bonds. The Morgan fingerprint density at radius 2 is 1.80 bits per heavy atom. The van der Waals surface area contributed by atoms with Crippen molar-refractivity contribution in [2.24, 2.45) is 0 Å². The Morgan fingerprint density at radius 1 is 1.04 bits per heavy atom. The van der Waals surface area contributed by atoms with Gasteiger partial charge in [0.25, 0.3) is 0 Å². The molecule has 0 aliphatic carbocycles. The Balaban J connectivity index is 1.64. The zero-order valence-corrected chi connectivity index (χ0v) is 15.8. The molecule has 0 unspecified atom stereocenters. The van der Waals surface area contributed by atoms with Crippen LogP contribution in [0.5, 0.6) is 0 Å². The number of thiophene rings is 1. The summed E-state index contributed by atoms with van der Waals surface area (Å²) >= 11 is 5.51. The van der Waals surface area contributed by atoms with E-state index >= 15 is 0 Å². The maximum absolute atomic E-state index is 11.7. The van der Waals surface area contributed by atoms with Gasteiger partial charge in [0, 0.05) is 19.3 Å². The molecule has 0 fully saturated rings. The lowest BCUT2D eigenvalue weighted by molar-refractivity contribution is 0.102. The summed E-state index contributed by atoms with van der Waals surface area (Å²) in [6.45, 7) is 1.75. The predicted octanol–water partition coefficient (Wildman–Crippen LogP) is 4.55. The van der Waals surface area contributed by atoms with Crippen LogP contribution in [-0.4, -0.2) is 28.5 Å². The van der Waals surface area contributed by atoms with Crippen molar-refractivity contribution in [1.29, 1.82) is 0 Å². The van der Waals surface area contributed by atoms with Gasteiger partial charge in [0.1, 0.15) is 0 Å². The van der Waals surface area contributed by atoms with Crippen molar-refractivity contribution < 1.29 is 4.79 Å². The molecule has 0 saturated carbocycles. The number of nitrogens with zero attached hydrogens (tertiary/aromatic N) is 2. The SMILES string of the molecule is CN(Cc1ccccc1)Cc1ccc(-c2ccc(C(=O)CS)s2)nc1. The molecule has 3 nitrogen and oxygen atoms in total. The van der Waals surface area contributed by atoms with E-state index in [0.717, 1.165) is 28.5 Å². The van der Waals surface area contributed by atoms with Crippen molar-refractivity contribution in [3.8, 4) is 10.6 Å². The average molecular weight is 369 g/mol. The van der Waals surface area contributed by atoms with E-state index in [4.69, 9.17) is 0 Å². The van der Waals surface area contributed by atoms with Gasteiger partial charge in [-0.05, 0) is 36.4 Å². The number of thiol groups is 1. The van der Waals surface area contributed by atoms with Crippen LogP contribution in [0.4, 0.5) is 0 Å². The Kier molecular flexibility index (Phi) is 6.02. The molecular weight excluding hydrogens is 348 g/mol. The molecule has 5 heteroatoms. The van der Waals surface area contributed by atoms with Crippen LogP contribution in [-0.2, 0) is 13.1 Å². The van der Waals surface area contributed by atoms with Gasteiger partial charge in [-0.1, -0.05) is 36.4 Å². The van der Waals surface area contributed by atoms with Crippen LogP contribution in [0.1, 0.15) is 20.8 Å². The second kappa shape index (κ2) is 8.43. The number of Topliss-reactive ketones (excluding diaryl/α,β-unsaturated/α-hetero) is 1. The summed E-state index contributed by atoms with van der Waals surface area (Å²) in [5.41, 5.74) is 3.37. The number of aromatic nitrogens is 1. The summed E-state index contributed by atoms with van der Waals surface area (Å²) in [6.07, 6.45) is 1.91. The second-order valence-electron chi connectivity index (χ2n) is 5.95. The topological polar surface area (TPSA) is 33.2 Å². The molecule has 3 aromatic rings. The van der Waals surface area contributed by atoms with Crippen molar-refractivity contribution in [3.05, 3.63) is 76.8 Å². The summed E-state index contributed by atoms with van der Waals surface area (Å²) in [5, 5.41) is 0. The number of benzene rings is 1. The van der Waals surface area contributed by atoms with Crippen LogP contribution >= 0.6 is 24.0 Å². The molecule has 0 radical (unpaired) electrons. The van der Waals surface area contributed by atoms with E-state index in [2.05, 4.69) is 59.9 Å². The predicted molar refractivity (Wildman–Crippen MR) is 107 cm³/mol. The first-order chi connectivity index (χ1) is 12.2. The van der Waals surface area contributed by atoms with Crippen LogP contribution in [0.25, 0.3) is 10.6 Å². The summed E-state index contributed by atoms with van der Waals surface area (Å²) in [7, 11) is 2.11. The van der Waals surface area contributed by atoms with Crippen molar-refractivity contribution in [3.63, 3.8) is 0 Å². The van der Waals surface area contributed by atoms with E-state index in [1.165, 1.54) is 22.5 Å². The van der Waals surface area contributed by atoms with Crippen LogP contribution in [0.2, 0.25) is 0 Å². The van der Waals surface area contributed by atoms with Crippen molar-refractivity contribution in [1.82, 2.24) is 9.88 Å². The molecule has 0 bridgehead atoms. The highest BCUT2D eigenvalue weighted by Gasteiger charge is 2.10. The van der Waals surface area contributed by atoms with E-state index in [1.807, 2.05) is 30.5 Å². The summed E-state index contributed by atoms with van der Waals surface area (Å²) in [6, 6.07) is 18.4. The van der Waals surface area contributed by atoms with Gasteiger partial charge >= 0.3 is 0 Å². The molecule has 1 aromatic carbocycles. The third-order valence-electron chi connectivity index (χ3n) is 3.85. The average Bonchev–Trinajstić information content (AvgIpc) is 3.12. The first-order valence-electron chi connectivity index (χ1n) is 8.07. The number of ketones is 1. The highest BCUT2D eigenvalue weighted by Crippen LogP contribution is 2.27. The molecule has 2 heterocycles. The smallest absolute Gasteiger partial charge is 0.182 e. The minimum atomic E-state index is 0.0544. The van der Waals surface area contributed by atoms with Gasteiger partial charge in [-0.25, -0.2) is 0 Å². The number of hydrogen-bond acceptors (Lipinski definition) is 5. The van der Waals surface area contributed by atoms with E-state index in [0.29, 0.717) is 0 Å². The van der Waals surface area contributed by atoms with E-state index in [1.54, 1.807) is 0 Å². The Bertz CT molecular complexity index is 828. The fraction of sp³-hybridized carbons (Fsp3) is 0.200. The molecule has 0 atom stereocenters. The lowest BCUT2D eigenvalue weighted by Crippen LogP contribution is -2.17. The zero-order valence-electron chi connectivity index (χ0n) is 14.1. The zero-order chi connectivity index (χ0) is 17.6. The van der Waals surface area contributed by atoms with Gasteiger partial charge in [-0.2, -0.15) is 12.6 Å². The molecule has 0 N–H and O–H groups in total. The largest absolute Gasteiger partial charge is 0.298 e. The Hall–Kier alpha value is -1.95. The first kappa shape index (κ1) is 17.9. The number of hydrogen-bond donors (Lipinski definition) is 1. The van der Waals surface area contributed by atoms with Gasteiger partial charge in [0.05, 0.1) is 21.2 Å². The summed E-state index contributed by atoms with van der Waals surface area (Å²) in [4.78, 5) is 20.3. The van der Waals surface area contributed by atoms with E-state index in [-0.39, 0.29) is 11.5 Å². The molecule has 3 rings (SSSR count). The highest BCUT2D eigenvalue weighted by atomic mass is 32.1. The second-order valence-corrected chi connectivity index (χ2v) is 7.35. The number of carbonyl (C=O) groups is 1. The quantitative estimate of drug-likeness (QED) is 0.490. The number of carbonyl (C=O) groups excluding carboxylic acids is 1. The lowest BCUT2D eigenvalue weighted by Gasteiger charge is -2.16. The van der Waals surface area contributed by atoms with Gasteiger partial charge in [-0.15, -0.1) is 11.3 Å². The van der Waals surface area contributed by atoms with Crippen LogP contribution < -0.4 is 0 Å². The summed E-state index contributed by atoms with van der Waals surface area (Å²) in [5.74, 6) is 0.291. The normalized spacial score (nSPS) is 11.0. The molecule has 0 spiro atoms. The van der Waals surface area contributed by atoms with Crippen molar-refractivity contribution in [2.45, 2.75) is 13.1 Å². The molecule has 0 aliphatic heterocycles. The van der Waals surface area contributed by atoms with E-state index in [9.17, 15) is 4.79 Å². The lowest BCUT2D eigenvalue weighted by atomic mass is 10.2. The maximum atomic E-state index is 11.7. The molecule has 2 aromatic heterocycles. The fourth-order valence-electron chi connectivity index (χ4n) is 2.63. The van der Waals surface area contributed by atoms with Gasteiger partial charge in [-0.3, -0.25) is 14.7 Å². The third kappa shape index (κ3) is 4.78. The van der Waals surface area contributed by atoms with E-state index < -0.39 is 0 Å². The standard InChI is InChI=1S/C20H20N2OS2/c1-22(12-15-5-3-2-4-6-15)13-16-7-8-17(21-11-16)19-9-10-20(25-19)18(23)14-24/h2-11,24H,12-14H2,1H3. The first-order valence-corrected chi connectivity index (χ1v) is 9.52. The minimum Gasteiger partial charge on any atom is -0.298 e. The van der Waals surface area contributed by atoms with Crippen LogP contribution in [0.15, 0.2) is 60.8 Å². The molecule has 25 heavy (non-hydrogen) atoms. The monoisotopic (exact) mass is 368 g/mol. The van der Waals surface area contributed by atoms with Gasteiger partial charge in [0.2, 0.25) is 0 Å². The van der Waals surface area contributed by atoms with Crippen LogP contribution in [0, 0.1) is 0 Å². The molecule has 0 saturated heterocycles. The fourth-order valence-corrected chi connectivity index (χ4v) is 3.83. The van der Waals surface area contributed by atoms with Crippen LogP contribution in [0.3, 0.4) is 0 Å². The van der Waals surface area contributed by atoms with Crippen molar-refractivity contribution in [2.75, 3.05) is 12.8 Å². The highest BCUT2D eigenvalue weighted by molar-refractivity contribution is 7.81. The van der Waals surface area contributed by atoms with Gasteiger partial charge < -0.3 is 0 Å². The Morgan fingerprint density at radius 3 is 2.48 bits per heavy atom. The Labute approximate surface area is 157 Å².